The molecule has 3 rings (SSSR count). The highest BCUT2D eigenvalue weighted by Crippen LogP contribution is 2.27. The number of nitrogens with one attached hydrogen (secondary N) is 4. The number of sulfonamides is 1. The average molecular weight is 525 g/mol. The van der Waals surface area contributed by atoms with Crippen LogP contribution in [0.2, 0.25) is 0 Å². The number of aliphatic hydroxyl groups excluding tert-OH is 1. The van der Waals surface area contributed by atoms with Crippen molar-refractivity contribution in [2.45, 2.75) is 25.5 Å². The van der Waals surface area contributed by atoms with E-state index >= 15 is 0 Å². The van der Waals surface area contributed by atoms with Gasteiger partial charge in [-0.2, -0.15) is 8.42 Å². The van der Waals surface area contributed by atoms with Crippen LogP contribution >= 0.6 is 0 Å². The largest absolute Gasteiger partial charge is 0.506 e. The van der Waals surface area contributed by atoms with Gasteiger partial charge in [0.15, 0.2) is 11.7 Å². The molecule has 2 aromatic carbocycles. The van der Waals surface area contributed by atoms with Crippen molar-refractivity contribution in [3.63, 3.8) is 0 Å². The van der Waals surface area contributed by atoms with E-state index in [1.54, 1.807) is 12.1 Å². The van der Waals surface area contributed by atoms with Gasteiger partial charge < -0.3 is 20.8 Å². The number of anilines is 2. The number of aliphatic hydroxyl groups is 1. The van der Waals surface area contributed by atoms with Crippen molar-refractivity contribution in [2.75, 3.05) is 29.9 Å². The van der Waals surface area contributed by atoms with Crippen LogP contribution in [0.1, 0.15) is 24.2 Å². The van der Waals surface area contributed by atoms with E-state index in [9.17, 15) is 27.0 Å². The third kappa shape index (κ3) is 7.65. The van der Waals surface area contributed by atoms with Crippen LogP contribution in [0.3, 0.4) is 0 Å². The fourth-order valence-corrected chi connectivity index (χ4v) is 4.76. The molecule has 2 atom stereocenters. The molecule has 0 saturated carbocycles. The number of aromatic hydroxyl groups is 1. The van der Waals surface area contributed by atoms with Gasteiger partial charge in [-0.25, -0.2) is 13.1 Å². The van der Waals surface area contributed by atoms with Crippen LogP contribution in [-0.4, -0.2) is 64.6 Å². The van der Waals surface area contributed by atoms with E-state index in [1.807, 2.05) is 19.1 Å². The Bertz CT molecular complexity index is 1340. The van der Waals surface area contributed by atoms with Gasteiger partial charge in [0.2, 0.25) is 10.0 Å². The van der Waals surface area contributed by atoms with Crippen LogP contribution in [0.15, 0.2) is 51.9 Å². The summed E-state index contributed by atoms with van der Waals surface area (Å²) in [6, 6.07) is 11.6. The molecule has 14 heteroatoms. The van der Waals surface area contributed by atoms with Crippen molar-refractivity contribution in [3.05, 3.63) is 53.6 Å². The summed E-state index contributed by atoms with van der Waals surface area (Å²) < 4.78 is 54.1. The first-order valence-electron chi connectivity index (χ1n) is 10.5. The highest BCUT2D eigenvalue weighted by Gasteiger charge is 2.25. The van der Waals surface area contributed by atoms with Crippen LogP contribution in [0.4, 0.5) is 11.4 Å². The summed E-state index contributed by atoms with van der Waals surface area (Å²) in [4.78, 5) is 3.86. The maximum absolute atomic E-state index is 11.6. The number of benzene rings is 2. The van der Waals surface area contributed by atoms with E-state index in [0.717, 1.165) is 11.8 Å². The Morgan fingerprint density at radius 1 is 1.17 bits per heavy atom. The Balaban J connectivity index is 1.55. The predicted octanol–water partition coefficient (Wildman–Crippen LogP) is 0.705. The third-order valence-electron chi connectivity index (χ3n) is 5.00. The van der Waals surface area contributed by atoms with Crippen LogP contribution in [-0.2, 0) is 26.7 Å². The second kappa shape index (κ2) is 10.6. The molecule has 0 aromatic heterocycles. The monoisotopic (exact) mass is 524 g/mol. The lowest BCUT2D eigenvalue weighted by molar-refractivity contribution is 0.170. The molecule has 0 spiro atoms. The number of hydrogen-bond acceptors (Lipinski definition) is 9. The molecule has 6 N–H and O–H groups in total. The first kappa shape index (κ1) is 26.4. The summed E-state index contributed by atoms with van der Waals surface area (Å²) in [5.41, 5.74) is 2.11. The van der Waals surface area contributed by atoms with Crippen molar-refractivity contribution >= 4 is 43.3 Å². The van der Waals surface area contributed by atoms with Crippen LogP contribution in [0, 0.1) is 0 Å². The van der Waals surface area contributed by atoms with Gasteiger partial charge >= 0.3 is 10.2 Å². The molecule has 0 radical (unpaired) electrons. The second-order valence-electron chi connectivity index (χ2n) is 8.09. The lowest BCUT2D eigenvalue weighted by atomic mass is 10.0. The zero-order chi connectivity index (χ0) is 25.8. The molecule has 0 amide bonds. The van der Waals surface area contributed by atoms with E-state index in [0.29, 0.717) is 17.7 Å². The number of phenolic OH excluding ortho intramolecular Hbond substituents is 1. The highest BCUT2D eigenvalue weighted by molar-refractivity contribution is 7.92. The molecular weight excluding hydrogens is 496 g/mol. The number of phenols is 1. The third-order valence-corrected chi connectivity index (χ3v) is 6.47. The number of hydrogen-bond donors (Lipinski definition) is 6. The minimum atomic E-state index is -3.77. The highest BCUT2D eigenvalue weighted by atomic mass is 32.2. The van der Waals surface area contributed by atoms with E-state index < -0.39 is 26.3 Å². The minimum Gasteiger partial charge on any atom is -0.506 e. The fourth-order valence-electron chi connectivity index (χ4n) is 3.35. The molecule has 1 aliphatic heterocycles. The second-order valence-corrected chi connectivity index (χ2v) is 11.2. The van der Waals surface area contributed by atoms with Gasteiger partial charge in [0.1, 0.15) is 5.75 Å². The maximum Gasteiger partial charge on any atom is 0.345 e. The van der Waals surface area contributed by atoms with Crippen molar-refractivity contribution in [3.8, 4) is 5.75 Å². The summed E-state index contributed by atoms with van der Waals surface area (Å²) in [6.45, 7) is 2.17. The van der Waals surface area contributed by atoms with Crippen molar-refractivity contribution in [1.82, 2.24) is 10.0 Å². The average Bonchev–Trinajstić information content (AvgIpc) is 3.07. The topological polar surface area (TPSA) is 182 Å². The van der Waals surface area contributed by atoms with E-state index in [4.69, 9.17) is 0 Å². The zero-order valence-electron chi connectivity index (χ0n) is 19.3. The molecule has 35 heavy (non-hydrogen) atoms. The molecule has 12 nitrogen and oxygen atoms in total. The van der Waals surface area contributed by atoms with Crippen LogP contribution in [0.25, 0.3) is 0 Å². The molecule has 1 aliphatic rings. The molecule has 2 unspecified atom stereocenters. The SMILES string of the molecule is CN=C1NS(=O)(=O)N=C1Nc1ccc(CC(C)NCC(O)c2ccc(O)c(NS(C)(=O)=O)c2)cc1. The molecule has 0 fully saturated rings. The first-order valence-corrected chi connectivity index (χ1v) is 13.9. The number of amidine groups is 2. The Labute approximate surface area is 204 Å². The summed E-state index contributed by atoms with van der Waals surface area (Å²) in [5.74, 6) is 0.0217. The number of nitrogens with zero attached hydrogens (tertiary/aromatic N) is 2. The van der Waals surface area contributed by atoms with Crippen molar-refractivity contribution in [2.24, 2.45) is 9.39 Å². The Kier molecular flexibility index (Phi) is 8.00. The summed E-state index contributed by atoms with van der Waals surface area (Å²) in [5, 5.41) is 26.5. The lowest BCUT2D eigenvalue weighted by Crippen LogP contribution is -2.32. The van der Waals surface area contributed by atoms with Gasteiger partial charge in [-0.3, -0.25) is 9.71 Å². The van der Waals surface area contributed by atoms with E-state index in [1.165, 1.54) is 25.2 Å². The molecule has 2 aromatic rings. The van der Waals surface area contributed by atoms with Gasteiger partial charge in [0, 0.05) is 25.3 Å². The zero-order valence-corrected chi connectivity index (χ0v) is 21.0. The number of rotatable bonds is 9. The molecule has 190 valence electrons. The standard InChI is InChI=1S/C21H28N6O6S2/c1-13(23-12-19(29)15-6-9-18(28)17(11-15)25-34(3,30)31)10-14-4-7-16(8-5-14)24-21-20(22-2)26-35(32,33)27-21/h4-9,11,13,19,23,25,28-29H,10,12H2,1-3H3,(H,22,26)(H,24,27). The van der Waals surface area contributed by atoms with Gasteiger partial charge in [0.05, 0.1) is 18.0 Å². The quantitative estimate of drug-likeness (QED) is 0.259. The summed E-state index contributed by atoms with van der Waals surface area (Å²) in [7, 11) is -5.89. The van der Waals surface area contributed by atoms with Crippen molar-refractivity contribution in [1.29, 1.82) is 0 Å². The van der Waals surface area contributed by atoms with Crippen LogP contribution in [0.5, 0.6) is 5.75 Å². The Hall–Kier alpha value is -3.20. The molecule has 1 heterocycles. The summed E-state index contributed by atoms with van der Waals surface area (Å²) >= 11 is 0. The molecule has 0 bridgehead atoms. The predicted molar refractivity (Wildman–Crippen MR) is 136 cm³/mol. The normalized spacial score (nSPS) is 17.9. The number of aliphatic imine (C=N–C) groups is 1. The van der Waals surface area contributed by atoms with Crippen LogP contribution < -0.4 is 20.1 Å². The Morgan fingerprint density at radius 3 is 2.49 bits per heavy atom. The van der Waals surface area contributed by atoms with E-state index in [2.05, 4.69) is 29.5 Å². The van der Waals surface area contributed by atoms with Gasteiger partial charge in [-0.15, -0.1) is 4.40 Å². The smallest absolute Gasteiger partial charge is 0.345 e. The van der Waals surface area contributed by atoms with Gasteiger partial charge in [0.25, 0.3) is 0 Å². The maximum atomic E-state index is 11.6. The fraction of sp³-hybridized carbons (Fsp3) is 0.333. The van der Waals surface area contributed by atoms with Gasteiger partial charge in [-0.1, -0.05) is 18.2 Å². The molecule has 0 saturated heterocycles. The lowest BCUT2D eigenvalue weighted by Gasteiger charge is -2.19. The first-order chi connectivity index (χ1) is 16.3. The molecule has 0 aliphatic carbocycles. The van der Waals surface area contributed by atoms with Gasteiger partial charge in [-0.05, 0) is 48.7 Å². The minimum absolute atomic E-state index is 0.0000692. The summed E-state index contributed by atoms with van der Waals surface area (Å²) in [6.07, 6.45) is 0.709. The molecular formula is C21H28N6O6S2. The van der Waals surface area contributed by atoms with E-state index in [-0.39, 0.29) is 35.7 Å². The van der Waals surface area contributed by atoms with Crippen molar-refractivity contribution < 1.29 is 27.0 Å². The Morgan fingerprint density at radius 2 is 1.86 bits per heavy atom.